The molecule has 1 aromatic carbocycles. The van der Waals surface area contributed by atoms with Gasteiger partial charge in [-0.15, -0.1) is 0 Å². The van der Waals surface area contributed by atoms with Crippen LogP contribution in [0.4, 0.5) is 5.69 Å². The molecular weight excluding hydrogens is 162 g/mol. The van der Waals surface area contributed by atoms with E-state index in [2.05, 4.69) is 36.2 Å². The third kappa shape index (κ3) is 1.42. The van der Waals surface area contributed by atoms with Crippen LogP contribution < -0.4 is 4.90 Å². The number of rotatable bonds is 1. The second-order valence-electron chi connectivity index (χ2n) is 3.61. The zero-order chi connectivity index (χ0) is 9.26. The minimum absolute atomic E-state index is 0.255. The van der Waals surface area contributed by atoms with E-state index in [1.165, 1.54) is 11.3 Å². The molecule has 1 heterocycles. The van der Waals surface area contributed by atoms with Crippen LogP contribution in [-0.2, 0) is 6.42 Å². The lowest BCUT2D eigenvalue weighted by Crippen LogP contribution is -2.38. The summed E-state index contributed by atoms with van der Waals surface area (Å²) in [4.78, 5) is 2.18. The molecule has 0 bridgehead atoms. The molecule has 0 amide bonds. The fraction of sp³-hybridized carbons (Fsp3) is 0.455. The van der Waals surface area contributed by atoms with Gasteiger partial charge in [0.2, 0.25) is 0 Å². The van der Waals surface area contributed by atoms with Gasteiger partial charge in [0.05, 0.1) is 12.6 Å². The zero-order valence-electron chi connectivity index (χ0n) is 7.90. The molecule has 1 N–H and O–H groups in total. The summed E-state index contributed by atoms with van der Waals surface area (Å²) >= 11 is 0. The van der Waals surface area contributed by atoms with Gasteiger partial charge >= 0.3 is 0 Å². The molecule has 0 aromatic heterocycles. The Morgan fingerprint density at radius 1 is 1.46 bits per heavy atom. The molecule has 0 fully saturated rings. The molecular formula is C11H15NO. The van der Waals surface area contributed by atoms with Crippen molar-refractivity contribution in [1.82, 2.24) is 0 Å². The molecule has 2 nitrogen and oxygen atoms in total. The first-order valence-electron chi connectivity index (χ1n) is 4.74. The van der Waals surface area contributed by atoms with Crippen LogP contribution in [0.1, 0.15) is 12.0 Å². The molecule has 0 spiro atoms. The van der Waals surface area contributed by atoms with E-state index in [0.717, 1.165) is 12.8 Å². The quantitative estimate of drug-likeness (QED) is 0.701. The van der Waals surface area contributed by atoms with Crippen molar-refractivity contribution >= 4 is 5.69 Å². The predicted octanol–water partition coefficient (Wildman–Crippen LogP) is 1.43. The zero-order valence-corrected chi connectivity index (χ0v) is 7.90. The Labute approximate surface area is 78.8 Å². The molecule has 0 saturated heterocycles. The Morgan fingerprint density at radius 3 is 3.00 bits per heavy atom. The van der Waals surface area contributed by atoms with Gasteiger partial charge in [-0.2, -0.15) is 0 Å². The Morgan fingerprint density at radius 2 is 2.23 bits per heavy atom. The molecule has 1 atom stereocenters. The fourth-order valence-corrected chi connectivity index (χ4v) is 1.99. The number of aliphatic hydroxyl groups excluding tert-OH is 1. The number of aryl methyl sites for hydroxylation is 1. The topological polar surface area (TPSA) is 23.5 Å². The smallest absolute Gasteiger partial charge is 0.0635 e. The highest BCUT2D eigenvalue weighted by atomic mass is 16.3. The Hall–Kier alpha value is -1.02. The van der Waals surface area contributed by atoms with Crippen molar-refractivity contribution < 1.29 is 5.11 Å². The van der Waals surface area contributed by atoms with E-state index in [1.807, 2.05) is 0 Å². The maximum Gasteiger partial charge on any atom is 0.0635 e. The molecule has 70 valence electrons. The van der Waals surface area contributed by atoms with Gasteiger partial charge < -0.3 is 10.0 Å². The molecule has 13 heavy (non-hydrogen) atoms. The van der Waals surface area contributed by atoms with Gasteiger partial charge in [0.1, 0.15) is 0 Å². The van der Waals surface area contributed by atoms with Crippen LogP contribution in [0.15, 0.2) is 24.3 Å². The first kappa shape index (κ1) is 8.57. The lowest BCUT2D eigenvalue weighted by atomic mass is 9.97. The Kier molecular flexibility index (Phi) is 2.23. The van der Waals surface area contributed by atoms with Crippen LogP contribution in [0.2, 0.25) is 0 Å². The molecule has 1 aliphatic heterocycles. The number of aliphatic hydroxyl groups is 1. The maximum absolute atomic E-state index is 9.15. The number of benzene rings is 1. The fourth-order valence-electron chi connectivity index (χ4n) is 1.99. The van der Waals surface area contributed by atoms with E-state index in [1.54, 1.807) is 0 Å². The predicted molar refractivity (Wildman–Crippen MR) is 54.0 cm³/mol. The van der Waals surface area contributed by atoms with E-state index < -0.39 is 0 Å². The van der Waals surface area contributed by atoms with Crippen molar-refractivity contribution in [2.75, 3.05) is 18.6 Å². The van der Waals surface area contributed by atoms with Gasteiger partial charge in [-0.25, -0.2) is 0 Å². The average Bonchev–Trinajstić information content (AvgIpc) is 2.19. The van der Waals surface area contributed by atoms with Crippen LogP contribution in [-0.4, -0.2) is 24.8 Å². The summed E-state index contributed by atoms with van der Waals surface area (Å²) < 4.78 is 0. The lowest BCUT2D eigenvalue weighted by Gasteiger charge is -2.34. The van der Waals surface area contributed by atoms with Gasteiger partial charge in [0, 0.05) is 12.7 Å². The van der Waals surface area contributed by atoms with E-state index in [4.69, 9.17) is 5.11 Å². The van der Waals surface area contributed by atoms with E-state index >= 15 is 0 Å². The standard InChI is InChI=1S/C11H15NO/c1-12-10(8-13)7-6-9-4-2-3-5-11(9)12/h2-5,10,13H,6-8H2,1H3. The second-order valence-corrected chi connectivity index (χ2v) is 3.61. The van der Waals surface area contributed by atoms with E-state index in [0.29, 0.717) is 6.04 Å². The van der Waals surface area contributed by atoms with Crippen molar-refractivity contribution in [3.05, 3.63) is 29.8 Å². The SMILES string of the molecule is CN1c2ccccc2CCC1CO. The monoisotopic (exact) mass is 177 g/mol. The molecule has 2 heteroatoms. The number of hydrogen-bond acceptors (Lipinski definition) is 2. The molecule has 1 unspecified atom stereocenters. The summed E-state index contributed by atoms with van der Waals surface area (Å²) in [5.41, 5.74) is 2.67. The summed E-state index contributed by atoms with van der Waals surface area (Å²) in [6, 6.07) is 8.72. The van der Waals surface area contributed by atoms with Crippen LogP contribution in [0.25, 0.3) is 0 Å². The van der Waals surface area contributed by atoms with Crippen LogP contribution in [0.5, 0.6) is 0 Å². The van der Waals surface area contributed by atoms with Crippen molar-refractivity contribution in [1.29, 1.82) is 0 Å². The Bertz CT molecular complexity index is 298. The maximum atomic E-state index is 9.15. The average molecular weight is 177 g/mol. The van der Waals surface area contributed by atoms with Crippen molar-refractivity contribution in [3.8, 4) is 0 Å². The molecule has 0 saturated carbocycles. The van der Waals surface area contributed by atoms with E-state index in [-0.39, 0.29) is 6.61 Å². The number of hydrogen-bond donors (Lipinski definition) is 1. The van der Waals surface area contributed by atoms with Crippen molar-refractivity contribution in [2.24, 2.45) is 0 Å². The van der Waals surface area contributed by atoms with Crippen LogP contribution in [0, 0.1) is 0 Å². The van der Waals surface area contributed by atoms with Gasteiger partial charge in [-0.3, -0.25) is 0 Å². The highest BCUT2D eigenvalue weighted by Gasteiger charge is 2.21. The van der Waals surface area contributed by atoms with Crippen LogP contribution >= 0.6 is 0 Å². The molecule has 2 rings (SSSR count). The van der Waals surface area contributed by atoms with Crippen molar-refractivity contribution in [3.63, 3.8) is 0 Å². The summed E-state index contributed by atoms with van der Waals surface area (Å²) in [7, 11) is 2.05. The molecule has 1 aliphatic rings. The minimum Gasteiger partial charge on any atom is -0.394 e. The van der Waals surface area contributed by atoms with E-state index in [9.17, 15) is 0 Å². The minimum atomic E-state index is 0.255. The van der Waals surface area contributed by atoms with Gasteiger partial charge in [-0.05, 0) is 24.5 Å². The number of fused-ring (bicyclic) bond motifs is 1. The number of nitrogens with zero attached hydrogens (tertiary/aromatic N) is 1. The highest BCUT2D eigenvalue weighted by molar-refractivity contribution is 5.55. The largest absolute Gasteiger partial charge is 0.394 e. The third-order valence-corrected chi connectivity index (χ3v) is 2.88. The number of anilines is 1. The highest BCUT2D eigenvalue weighted by Crippen LogP contribution is 2.28. The van der Waals surface area contributed by atoms with Crippen molar-refractivity contribution in [2.45, 2.75) is 18.9 Å². The first-order valence-corrected chi connectivity index (χ1v) is 4.74. The van der Waals surface area contributed by atoms with Gasteiger partial charge in [0.15, 0.2) is 0 Å². The summed E-state index contributed by atoms with van der Waals surface area (Å²) in [6.07, 6.45) is 2.15. The number of likely N-dealkylation sites (N-methyl/N-ethyl adjacent to an activating group) is 1. The second kappa shape index (κ2) is 3.38. The molecule has 0 radical (unpaired) electrons. The molecule has 1 aromatic rings. The normalized spacial score (nSPS) is 21.4. The van der Waals surface area contributed by atoms with Crippen LogP contribution in [0.3, 0.4) is 0 Å². The summed E-state index contributed by atoms with van der Waals surface area (Å²) in [5.74, 6) is 0. The lowest BCUT2D eigenvalue weighted by molar-refractivity contribution is 0.253. The summed E-state index contributed by atoms with van der Waals surface area (Å²) in [6.45, 7) is 0.255. The summed E-state index contributed by atoms with van der Waals surface area (Å²) in [5, 5.41) is 9.15. The molecule has 0 aliphatic carbocycles. The Balaban J connectivity index is 2.33. The number of para-hydroxylation sites is 1. The van der Waals surface area contributed by atoms with Gasteiger partial charge in [-0.1, -0.05) is 18.2 Å². The van der Waals surface area contributed by atoms with Gasteiger partial charge in [0.25, 0.3) is 0 Å². The third-order valence-electron chi connectivity index (χ3n) is 2.88. The first-order chi connectivity index (χ1) is 6.33.